The molecule has 1 heterocycles. The van der Waals surface area contributed by atoms with E-state index in [-0.39, 0.29) is 6.54 Å². The van der Waals surface area contributed by atoms with E-state index in [0.717, 1.165) is 0 Å². The number of nitrogens with zero attached hydrogens (tertiary/aromatic N) is 1. The van der Waals surface area contributed by atoms with Crippen molar-refractivity contribution in [2.24, 2.45) is 0 Å². The van der Waals surface area contributed by atoms with Gasteiger partial charge in [0.2, 0.25) is 0 Å². The Labute approximate surface area is 115 Å². The summed E-state index contributed by atoms with van der Waals surface area (Å²) >= 11 is 0. The molecule has 1 aromatic heterocycles. The van der Waals surface area contributed by atoms with Crippen molar-refractivity contribution in [3.63, 3.8) is 0 Å². The molecule has 0 aliphatic carbocycles. The second-order valence-corrected chi connectivity index (χ2v) is 5.28. The number of hydrogen-bond donors (Lipinski definition) is 2. The Hall–Kier alpha value is -1.70. The summed E-state index contributed by atoms with van der Waals surface area (Å²) in [6.45, 7) is 3.72. The zero-order chi connectivity index (χ0) is 15.2. The Balaban J connectivity index is 2.25. The lowest BCUT2D eigenvalue weighted by atomic mass is 10.2. The highest BCUT2D eigenvalue weighted by Crippen LogP contribution is 2.12. The van der Waals surface area contributed by atoms with Crippen molar-refractivity contribution in [2.75, 3.05) is 13.1 Å². The molecule has 8 heteroatoms. The van der Waals surface area contributed by atoms with E-state index in [1.807, 2.05) is 5.32 Å². The van der Waals surface area contributed by atoms with Gasteiger partial charge in [0.15, 0.2) is 6.39 Å². The van der Waals surface area contributed by atoms with Gasteiger partial charge in [-0.05, 0) is 20.8 Å². The Kier molecular flexibility index (Phi) is 5.43. The van der Waals surface area contributed by atoms with Gasteiger partial charge >= 0.3 is 6.09 Å². The number of amides is 1. The van der Waals surface area contributed by atoms with E-state index in [0.29, 0.717) is 5.76 Å². The van der Waals surface area contributed by atoms with E-state index in [9.17, 15) is 13.6 Å². The van der Waals surface area contributed by atoms with Gasteiger partial charge < -0.3 is 19.8 Å². The third-order valence-corrected chi connectivity index (χ3v) is 2.06. The quantitative estimate of drug-likeness (QED) is 0.837. The zero-order valence-electron chi connectivity index (χ0n) is 11.7. The normalized spacial score (nSPS) is 12.2. The monoisotopic (exact) mass is 291 g/mol. The van der Waals surface area contributed by atoms with Gasteiger partial charge in [0.05, 0.1) is 25.8 Å². The lowest BCUT2D eigenvalue weighted by Gasteiger charge is -2.22. The lowest BCUT2D eigenvalue weighted by molar-refractivity contribution is -0.00403. The molecule has 1 aromatic rings. The molecule has 0 aromatic carbocycles. The number of halogens is 2. The fraction of sp³-hybridized carbons (Fsp3) is 0.667. The Bertz CT molecular complexity index is 416. The molecule has 0 fully saturated rings. The number of aromatic nitrogens is 1. The molecule has 20 heavy (non-hydrogen) atoms. The van der Waals surface area contributed by atoms with Gasteiger partial charge in [0.1, 0.15) is 11.4 Å². The van der Waals surface area contributed by atoms with E-state index in [1.165, 1.54) is 12.6 Å². The number of carbonyl (C=O) groups excluding carboxylic acids is 1. The first-order valence-corrected chi connectivity index (χ1v) is 6.11. The van der Waals surface area contributed by atoms with Crippen LogP contribution in [0.3, 0.4) is 0 Å². The predicted octanol–water partition coefficient (Wildman–Crippen LogP) is 1.92. The molecule has 0 spiro atoms. The maximum absolute atomic E-state index is 13.5. The molecule has 0 aliphatic heterocycles. The zero-order valence-corrected chi connectivity index (χ0v) is 11.7. The number of alkyl carbamates (subject to hydrolysis) is 1. The molecular weight excluding hydrogens is 272 g/mol. The maximum atomic E-state index is 13.5. The minimum Gasteiger partial charge on any atom is -0.447 e. The predicted molar refractivity (Wildman–Crippen MR) is 67.4 cm³/mol. The van der Waals surface area contributed by atoms with Gasteiger partial charge in [-0.1, -0.05) is 0 Å². The highest BCUT2D eigenvalue weighted by molar-refractivity contribution is 5.67. The fourth-order valence-electron chi connectivity index (χ4n) is 1.28. The molecule has 0 atom stereocenters. The van der Waals surface area contributed by atoms with Gasteiger partial charge in [-0.15, -0.1) is 0 Å². The van der Waals surface area contributed by atoms with Gasteiger partial charge in [-0.2, -0.15) is 0 Å². The summed E-state index contributed by atoms with van der Waals surface area (Å²) in [4.78, 5) is 14.9. The second-order valence-electron chi connectivity index (χ2n) is 5.28. The molecule has 1 amide bonds. The van der Waals surface area contributed by atoms with Crippen LogP contribution in [0.2, 0.25) is 0 Å². The summed E-state index contributed by atoms with van der Waals surface area (Å²) in [5.41, 5.74) is -0.718. The van der Waals surface area contributed by atoms with Crippen LogP contribution in [0.25, 0.3) is 0 Å². The number of carbonyl (C=O) groups is 1. The average Bonchev–Trinajstić information content (AvgIpc) is 2.77. The van der Waals surface area contributed by atoms with Crippen molar-refractivity contribution in [3.8, 4) is 0 Å². The lowest BCUT2D eigenvalue weighted by Crippen LogP contribution is -2.44. The SMILES string of the molecule is CC(C)(C)OC(=O)NCC(F)(F)CNCc1cnco1. The molecule has 0 radical (unpaired) electrons. The second kappa shape index (κ2) is 6.65. The third-order valence-electron chi connectivity index (χ3n) is 2.06. The first-order valence-electron chi connectivity index (χ1n) is 6.11. The highest BCUT2D eigenvalue weighted by Gasteiger charge is 2.30. The Morgan fingerprint density at radius 2 is 2.10 bits per heavy atom. The molecule has 6 nitrogen and oxygen atoms in total. The van der Waals surface area contributed by atoms with Crippen LogP contribution < -0.4 is 10.6 Å². The summed E-state index contributed by atoms with van der Waals surface area (Å²) in [7, 11) is 0. The summed E-state index contributed by atoms with van der Waals surface area (Å²) in [5.74, 6) is -2.63. The first kappa shape index (κ1) is 16.4. The number of alkyl halides is 2. The van der Waals surface area contributed by atoms with Crippen LogP contribution in [0.15, 0.2) is 17.0 Å². The van der Waals surface area contributed by atoms with Crippen molar-refractivity contribution in [1.82, 2.24) is 15.6 Å². The molecular formula is C12H19F2N3O3. The van der Waals surface area contributed by atoms with E-state index in [4.69, 9.17) is 9.15 Å². The summed E-state index contributed by atoms with van der Waals surface area (Å²) in [6.07, 6.45) is 1.79. The van der Waals surface area contributed by atoms with Crippen LogP contribution in [0.5, 0.6) is 0 Å². The number of ether oxygens (including phenoxy) is 1. The minimum absolute atomic E-state index is 0.141. The molecule has 0 aliphatic rings. The van der Waals surface area contributed by atoms with Crippen LogP contribution >= 0.6 is 0 Å². The molecule has 0 bridgehead atoms. The standard InChI is InChI=1S/C12H19F2N3O3/c1-11(2,3)20-10(18)17-7-12(13,14)6-15-4-9-5-16-8-19-9/h5,8,15H,4,6-7H2,1-3H3,(H,17,18). The molecule has 2 N–H and O–H groups in total. The van der Waals surface area contributed by atoms with E-state index < -0.39 is 30.7 Å². The average molecular weight is 291 g/mol. The van der Waals surface area contributed by atoms with E-state index in [1.54, 1.807) is 20.8 Å². The van der Waals surface area contributed by atoms with E-state index in [2.05, 4.69) is 10.3 Å². The van der Waals surface area contributed by atoms with Gasteiger partial charge in [-0.3, -0.25) is 0 Å². The van der Waals surface area contributed by atoms with Gasteiger partial charge in [0.25, 0.3) is 5.92 Å². The van der Waals surface area contributed by atoms with Crippen molar-refractivity contribution in [3.05, 3.63) is 18.4 Å². The minimum atomic E-state index is -3.09. The molecule has 0 unspecified atom stereocenters. The summed E-state index contributed by atoms with van der Waals surface area (Å²) in [6, 6.07) is 0. The largest absolute Gasteiger partial charge is 0.447 e. The van der Waals surface area contributed by atoms with Crippen molar-refractivity contribution in [1.29, 1.82) is 0 Å². The number of rotatable bonds is 6. The first-order chi connectivity index (χ1) is 9.18. The maximum Gasteiger partial charge on any atom is 0.407 e. The van der Waals surface area contributed by atoms with Crippen LogP contribution in [0, 0.1) is 0 Å². The van der Waals surface area contributed by atoms with E-state index >= 15 is 0 Å². The van der Waals surface area contributed by atoms with Crippen molar-refractivity contribution >= 4 is 6.09 Å². The van der Waals surface area contributed by atoms with Crippen molar-refractivity contribution < 1.29 is 22.7 Å². The van der Waals surface area contributed by atoms with Crippen LogP contribution in [-0.2, 0) is 11.3 Å². The molecule has 0 saturated carbocycles. The van der Waals surface area contributed by atoms with Crippen molar-refractivity contribution in [2.45, 2.75) is 38.8 Å². The highest BCUT2D eigenvalue weighted by atomic mass is 19.3. The number of oxazole rings is 1. The number of nitrogens with one attached hydrogen (secondary N) is 2. The number of hydrogen-bond acceptors (Lipinski definition) is 5. The smallest absolute Gasteiger partial charge is 0.407 e. The van der Waals surface area contributed by atoms with Crippen LogP contribution in [0.4, 0.5) is 13.6 Å². The molecule has 0 saturated heterocycles. The Morgan fingerprint density at radius 1 is 1.40 bits per heavy atom. The third kappa shape index (κ3) is 7.03. The molecule has 114 valence electrons. The van der Waals surface area contributed by atoms with Crippen LogP contribution in [-0.4, -0.2) is 35.7 Å². The topological polar surface area (TPSA) is 76.4 Å². The van der Waals surface area contributed by atoms with Gasteiger partial charge in [0, 0.05) is 0 Å². The fourth-order valence-corrected chi connectivity index (χ4v) is 1.28. The van der Waals surface area contributed by atoms with Crippen LogP contribution in [0.1, 0.15) is 26.5 Å². The Morgan fingerprint density at radius 3 is 2.65 bits per heavy atom. The van der Waals surface area contributed by atoms with Gasteiger partial charge in [-0.25, -0.2) is 18.6 Å². The molecule has 1 rings (SSSR count). The summed E-state index contributed by atoms with van der Waals surface area (Å²) < 4.78 is 36.7. The summed E-state index contributed by atoms with van der Waals surface area (Å²) in [5, 5.41) is 4.56.